The van der Waals surface area contributed by atoms with Gasteiger partial charge in [0.05, 0.1) is 16.4 Å². The van der Waals surface area contributed by atoms with Crippen LogP contribution in [0.5, 0.6) is 0 Å². The lowest BCUT2D eigenvalue weighted by Crippen LogP contribution is -2.27. The third-order valence-electron chi connectivity index (χ3n) is 1.88. The molecule has 1 aromatic carbocycles. The molecule has 0 amide bonds. The first-order valence-corrected chi connectivity index (χ1v) is 4.18. The summed E-state index contributed by atoms with van der Waals surface area (Å²) in [7, 11) is 0. The van der Waals surface area contributed by atoms with E-state index in [1.165, 1.54) is 12.1 Å². The molecule has 0 saturated heterocycles. The normalized spacial score (nSPS) is 14.4. The number of benzene rings is 1. The molecular weight excluding hydrogens is 206 g/mol. The number of fused-ring (bicyclic) bond motifs is 1. The van der Waals surface area contributed by atoms with Crippen LogP contribution in [0.25, 0.3) is 5.76 Å². The average molecular weight is 213 g/mol. The quantitative estimate of drug-likeness (QED) is 0.549. The van der Waals surface area contributed by atoms with E-state index in [0.29, 0.717) is 27.1 Å². The lowest BCUT2D eigenvalue weighted by Gasteiger charge is -2.28. The van der Waals surface area contributed by atoms with Crippen LogP contribution in [0.2, 0.25) is 5.02 Å². The fraction of sp³-hybridized carbons (Fsp3) is 0. The summed E-state index contributed by atoms with van der Waals surface area (Å²) in [5.74, 6) is -0.329. The van der Waals surface area contributed by atoms with Crippen molar-refractivity contribution in [1.82, 2.24) is 5.17 Å². The number of hydrazine groups is 1. The minimum atomic E-state index is -0.329. The topological polar surface area (TPSA) is 84.6 Å². The van der Waals surface area contributed by atoms with Gasteiger partial charge >= 0.3 is 0 Å². The van der Waals surface area contributed by atoms with E-state index in [2.05, 4.69) is 5.43 Å². The first kappa shape index (κ1) is 8.98. The predicted octanol–water partition coefficient (Wildman–Crippen LogP) is 0.613. The standard InChI is InChI=1S/C8H8ClN3O2/c9-5-2-7-4(1-6(5)10)8(13)3-12(14)11-7/h1-3,11,13-14H,10H2/p-1. The Labute approximate surface area is 84.9 Å². The number of anilines is 2. The number of hydrogen-bond acceptors (Lipinski definition) is 5. The highest BCUT2D eigenvalue weighted by Crippen LogP contribution is 2.32. The Hall–Kier alpha value is -1.59. The minimum Gasteiger partial charge on any atom is -0.871 e. The van der Waals surface area contributed by atoms with Crippen molar-refractivity contribution in [2.75, 3.05) is 11.2 Å². The van der Waals surface area contributed by atoms with Crippen molar-refractivity contribution in [2.45, 2.75) is 0 Å². The molecule has 0 aromatic heterocycles. The molecule has 0 fully saturated rings. The molecule has 1 heterocycles. The van der Waals surface area contributed by atoms with Gasteiger partial charge in [-0.3, -0.25) is 10.6 Å². The molecule has 74 valence electrons. The average Bonchev–Trinajstić information content (AvgIpc) is 2.08. The van der Waals surface area contributed by atoms with Crippen molar-refractivity contribution in [3.63, 3.8) is 0 Å². The first-order valence-electron chi connectivity index (χ1n) is 3.81. The van der Waals surface area contributed by atoms with Gasteiger partial charge in [-0.05, 0) is 17.7 Å². The zero-order valence-corrected chi connectivity index (χ0v) is 7.75. The number of halogens is 1. The highest BCUT2D eigenvalue weighted by Gasteiger charge is 2.12. The summed E-state index contributed by atoms with van der Waals surface area (Å²) < 4.78 is 0. The van der Waals surface area contributed by atoms with Gasteiger partial charge in [-0.15, -0.1) is 0 Å². The van der Waals surface area contributed by atoms with Gasteiger partial charge in [-0.25, -0.2) is 0 Å². The molecular formula is C8H7ClN3O2-. The van der Waals surface area contributed by atoms with Crippen LogP contribution in [-0.2, 0) is 0 Å². The van der Waals surface area contributed by atoms with Gasteiger partial charge in [0.2, 0.25) is 0 Å². The largest absolute Gasteiger partial charge is 0.871 e. The van der Waals surface area contributed by atoms with Crippen LogP contribution < -0.4 is 16.3 Å². The maximum Gasteiger partial charge on any atom is 0.0657 e. The van der Waals surface area contributed by atoms with Crippen LogP contribution >= 0.6 is 11.6 Å². The Morgan fingerprint density at radius 2 is 2.21 bits per heavy atom. The van der Waals surface area contributed by atoms with Gasteiger partial charge in [-0.2, -0.15) is 5.17 Å². The Morgan fingerprint density at radius 3 is 2.93 bits per heavy atom. The Morgan fingerprint density at radius 1 is 1.50 bits per heavy atom. The van der Waals surface area contributed by atoms with E-state index in [-0.39, 0.29) is 5.76 Å². The molecule has 4 N–H and O–H groups in total. The molecule has 6 heteroatoms. The van der Waals surface area contributed by atoms with E-state index in [0.717, 1.165) is 6.20 Å². The number of nitrogens with two attached hydrogens (primary N) is 1. The van der Waals surface area contributed by atoms with Crippen molar-refractivity contribution in [3.8, 4) is 0 Å². The monoisotopic (exact) mass is 212 g/mol. The molecule has 1 aliphatic heterocycles. The second kappa shape index (κ2) is 2.97. The van der Waals surface area contributed by atoms with E-state index < -0.39 is 0 Å². The lowest BCUT2D eigenvalue weighted by atomic mass is 10.1. The first-order chi connectivity index (χ1) is 6.58. The molecule has 5 nitrogen and oxygen atoms in total. The van der Waals surface area contributed by atoms with E-state index in [9.17, 15) is 5.11 Å². The van der Waals surface area contributed by atoms with Crippen molar-refractivity contribution in [1.29, 1.82) is 0 Å². The van der Waals surface area contributed by atoms with Crippen LogP contribution in [-0.4, -0.2) is 10.4 Å². The molecule has 0 atom stereocenters. The van der Waals surface area contributed by atoms with Crippen molar-refractivity contribution in [3.05, 3.63) is 28.9 Å². The fourth-order valence-electron chi connectivity index (χ4n) is 1.22. The Bertz CT molecular complexity index is 419. The number of nitrogens with zero attached hydrogens (tertiary/aromatic N) is 1. The molecule has 0 spiro atoms. The van der Waals surface area contributed by atoms with E-state index in [1.807, 2.05) is 0 Å². The summed E-state index contributed by atoms with van der Waals surface area (Å²) in [6.07, 6.45) is 1.01. The summed E-state index contributed by atoms with van der Waals surface area (Å²) >= 11 is 5.75. The van der Waals surface area contributed by atoms with Gasteiger partial charge in [0, 0.05) is 6.20 Å². The number of hydroxylamine groups is 1. The zero-order valence-electron chi connectivity index (χ0n) is 6.99. The van der Waals surface area contributed by atoms with Crippen LogP contribution in [0.3, 0.4) is 0 Å². The van der Waals surface area contributed by atoms with Crippen molar-refractivity contribution >= 4 is 28.7 Å². The number of rotatable bonds is 0. The van der Waals surface area contributed by atoms with E-state index in [1.54, 1.807) is 0 Å². The number of nitrogen functional groups attached to an aromatic ring is 1. The predicted molar refractivity (Wildman–Crippen MR) is 51.1 cm³/mol. The van der Waals surface area contributed by atoms with Crippen molar-refractivity contribution in [2.24, 2.45) is 0 Å². The molecule has 0 unspecified atom stereocenters. The minimum absolute atomic E-state index is 0.329. The third kappa shape index (κ3) is 1.32. The molecule has 0 bridgehead atoms. The molecule has 0 saturated carbocycles. The third-order valence-corrected chi connectivity index (χ3v) is 2.20. The van der Waals surface area contributed by atoms with Crippen molar-refractivity contribution < 1.29 is 10.3 Å². The van der Waals surface area contributed by atoms with Crippen LogP contribution in [0, 0.1) is 0 Å². The summed E-state index contributed by atoms with van der Waals surface area (Å²) in [6, 6.07) is 2.96. The number of nitrogens with one attached hydrogen (secondary N) is 1. The molecule has 1 aromatic rings. The van der Waals surface area contributed by atoms with Gasteiger partial charge < -0.3 is 10.8 Å². The summed E-state index contributed by atoms with van der Waals surface area (Å²) in [4.78, 5) is 0. The Kier molecular flexibility index (Phi) is 1.90. The number of hydrogen-bond donors (Lipinski definition) is 3. The molecule has 14 heavy (non-hydrogen) atoms. The maximum atomic E-state index is 11.4. The summed E-state index contributed by atoms with van der Waals surface area (Å²) in [5.41, 5.74) is 9.22. The second-order valence-electron chi connectivity index (χ2n) is 2.87. The highest BCUT2D eigenvalue weighted by atomic mass is 35.5. The molecule has 0 aliphatic carbocycles. The van der Waals surface area contributed by atoms with Gasteiger partial charge in [0.25, 0.3) is 0 Å². The zero-order chi connectivity index (χ0) is 10.3. The lowest BCUT2D eigenvalue weighted by molar-refractivity contribution is -0.247. The molecule has 1 aliphatic rings. The van der Waals surface area contributed by atoms with Gasteiger partial charge in [-0.1, -0.05) is 17.4 Å². The van der Waals surface area contributed by atoms with E-state index >= 15 is 0 Å². The smallest absolute Gasteiger partial charge is 0.0657 e. The van der Waals surface area contributed by atoms with Crippen LogP contribution in [0.1, 0.15) is 5.56 Å². The van der Waals surface area contributed by atoms with Gasteiger partial charge in [0.15, 0.2) is 0 Å². The SMILES string of the molecule is Nc1cc2c(cc1Cl)NN(O)C=C2[O-]. The Balaban J connectivity index is 2.59. The molecule has 2 rings (SSSR count). The molecule has 0 radical (unpaired) electrons. The van der Waals surface area contributed by atoms with Gasteiger partial charge in [0.1, 0.15) is 0 Å². The maximum absolute atomic E-state index is 11.4. The summed E-state index contributed by atoms with van der Waals surface area (Å²) in [6.45, 7) is 0. The van der Waals surface area contributed by atoms with E-state index in [4.69, 9.17) is 22.5 Å². The highest BCUT2D eigenvalue weighted by molar-refractivity contribution is 6.33. The summed E-state index contributed by atoms with van der Waals surface area (Å²) in [5, 5.41) is 21.3. The van der Waals surface area contributed by atoms with Crippen LogP contribution in [0.4, 0.5) is 11.4 Å². The van der Waals surface area contributed by atoms with Crippen LogP contribution in [0.15, 0.2) is 18.3 Å². The second-order valence-corrected chi connectivity index (χ2v) is 3.28. The fourth-order valence-corrected chi connectivity index (χ4v) is 1.39.